The molecule has 0 spiro atoms. The first kappa shape index (κ1) is 15.4. The van der Waals surface area contributed by atoms with Gasteiger partial charge in [0.2, 0.25) is 0 Å². The van der Waals surface area contributed by atoms with Crippen molar-refractivity contribution in [3.63, 3.8) is 0 Å². The van der Waals surface area contributed by atoms with Gasteiger partial charge in [0.15, 0.2) is 0 Å². The highest BCUT2D eigenvalue weighted by Gasteiger charge is 2.16. The quantitative estimate of drug-likeness (QED) is 0.716. The highest BCUT2D eigenvalue weighted by atomic mass is 19.1. The molecule has 3 aromatic rings. The number of H-pyrrole nitrogens is 1. The third kappa shape index (κ3) is 3.09. The van der Waals surface area contributed by atoms with Crippen molar-refractivity contribution in [1.29, 1.82) is 0 Å². The summed E-state index contributed by atoms with van der Waals surface area (Å²) in [5, 5.41) is 1.15. The molecule has 0 unspecified atom stereocenters. The molecular formula is C21H23FN2. The van der Waals surface area contributed by atoms with Crippen LogP contribution in [-0.2, 0) is 6.42 Å². The Morgan fingerprint density at radius 3 is 2.54 bits per heavy atom. The Morgan fingerprint density at radius 2 is 1.75 bits per heavy atom. The molecule has 1 saturated heterocycles. The first-order valence-corrected chi connectivity index (χ1v) is 8.89. The maximum Gasteiger partial charge on any atom is 0.125 e. The maximum atomic E-state index is 13.6. The van der Waals surface area contributed by atoms with Gasteiger partial charge < -0.3 is 9.88 Å². The molecule has 1 aliphatic heterocycles. The lowest BCUT2D eigenvalue weighted by molar-refractivity contribution is 0.232. The van der Waals surface area contributed by atoms with Gasteiger partial charge >= 0.3 is 0 Å². The SMILES string of the molecule is Fc1ccc2c(CCN3CCCCC3)c(-c3ccccc3)[nH]c2c1. The number of halogens is 1. The summed E-state index contributed by atoms with van der Waals surface area (Å²) in [4.78, 5) is 6.01. The van der Waals surface area contributed by atoms with Crippen LogP contribution in [0.1, 0.15) is 24.8 Å². The summed E-state index contributed by atoms with van der Waals surface area (Å²) in [6, 6.07) is 15.4. The van der Waals surface area contributed by atoms with E-state index in [4.69, 9.17) is 0 Å². The van der Waals surface area contributed by atoms with Crippen LogP contribution in [0.3, 0.4) is 0 Å². The van der Waals surface area contributed by atoms with E-state index >= 15 is 0 Å². The van der Waals surface area contributed by atoms with Crippen molar-refractivity contribution in [2.75, 3.05) is 19.6 Å². The van der Waals surface area contributed by atoms with E-state index in [1.54, 1.807) is 12.1 Å². The van der Waals surface area contributed by atoms with Crippen molar-refractivity contribution in [3.8, 4) is 11.3 Å². The fourth-order valence-corrected chi connectivity index (χ4v) is 3.79. The summed E-state index contributed by atoms with van der Waals surface area (Å²) in [6.07, 6.45) is 4.98. The Balaban J connectivity index is 1.70. The first-order chi connectivity index (χ1) is 11.8. The average Bonchev–Trinajstić information content (AvgIpc) is 2.99. The number of fused-ring (bicyclic) bond motifs is 1. The van der Waals surface area contributed by atoms with Crippen molar-refractivity contribution >= 4 is 10.9 Å². The number of nitrogens with zero attached hydrogens (tertiary/aromatic N) is 1. The second-order valence-electron chi connectivity index (χ2n) is 6.69. The second kappa shape index (κ2) is 6.78. The number of piperidine rings is 1. The molecule has 1 fully saturated rings. The van der Waals surface area contributed by atoms with Gasteiger partial charge in [0.1, 0.15) is 5.82 Å². The van der Waals surface area contributed by atoms with Crippen LogP contribution in [0.15, 0.2) is 48.5 Å². The van der Waals surface area contributed by atoms with E-state index in [1.807, 2.05) is 12.1 Å². The Labute approximate surface area is 142 Å². The number of likely N-dealkylation sites (tertiary alicyclic amines) is 1. The molecule has 2 heterocycles. The van der Waals surface area contributed by atoms with Crippen LogP contribution in [0, 0.1) is 5.82 Å². The molecular weight excluding hydrogens is 299 g/mol. The molecule has 1 N–H and O–H groups in total. The lowest BCUT2D eigenvalue weighted by Gasteiger charge is -2.26. The Kier molecular flexibility index (Phi) is 4.35. The van der Waals surface area contributed by atoms with Gasteiger partial charge in [-0.3, -0.25) is 0 Å². The van der Waals surface area contributed by atoms with Crippen molar-refractivity contribution < 1.29 is 4.39 Å². The van der Waals surface area contributed by atoms with Crippen LogP contribution >= 0.6 is 0 Å². The molecule has 4 rings (SSSR count). The van der Waals surface area contributed by atoms with Gasteiger partial charge in [-0.15, -0.1) is 0 Å². The highest BCUT2D eigenvalue weighted by molar-refractivity contribution is 5.90. The maximum absolute atomic E-state index is 13.6. The molecule has 2 nitrogen and oxygen atoms in total. The fraction of sp³-hybridized carbons (Fsp3) is 0.333. The minimum Gasteiger partial charge on any atom is -0.354 e. The zero-order valence-corrected chi connectivity index (χ0v) is 13.9. The minimum absolute atomic E-state index is 0.189. The van der Waals surface area contributed by atoms with Crippen molar-refractivity contribution in [2.45, 2.75) is 25.7 Å². The average molecular weight is 322 g/mol. The van der Waals surface area contributed by atoms with Crippen molar-refractivity contribution in [1.82, 2.24) is 9.88 Å². The largest absolute Gasteiger partial charge is 0.354 e. The highest BCUT2D eigenvalue weighted by Crippen LogP contribution is 2.31. The summed E-state index contributed by atoms with van der Waals surface area (Å²) < 4.78 is 13.6. The zero-order valence-electron chi connectivity index (χ0n) is 13.9. The summed E-state index contributed by atoms with van der Waals surface area (Å²) in [5.74, 6) is -0.189. The summed E-state index contributed by atoms with van der Waals surface area (Å²) >= 11 is 0. The van der Waals surface area contributed by atoms with Crippen LogP contribution in [0.25, 0.3) is 22.2 Å². The standard InChI is InChI=1S/C21H23FN2/c22-17-9-10-18-19(11-14-24-12-5-2-6-13-24)21(23-20(18)15-17)16-7-3-1-4-8-16/h1,3-4,7-10,15,23H,2,5-6,11-14H2. The normalized spacial score (nSPS) is 15.9. The number of rotatable bonds is 4. The molecule has 124 valence electrons. The van der Waals surface area contributed by atoms with Crippen molar-refractivity contribution in [3.05, 3.63) is 59.9 Å². The topological polar surface area (TPSA) is 19.0 Å². The lowest BCUT2D eigenvalue weighted by atomic mass is 10.0. The third-order valence-electron chi connectivity index (χ3n) is 5.06. The number of hydrogen-bond donors (Lipinski definition) is 1. The molecule has 0 atom stereocenters. The number of nitrogens with one attached hydrogen (secondary N) is 1. The molecule has 3 heteroatoms. The van der Waals surface area contributed by atoms with Crippen LogP contribution in [0.2, 0.25) is 0 Å². The molecule has 2 aromatic carbocycles. The van der Waals surface area contributed by atoms with Gasteiger partial charge in [-0.1, -0.05) is 36.8 Å². The van der Waals surface area contributed by atoms with Gasteiger partial charge in [0.05, 0.1) is 0 Å². The van der Waals surface area contributed by atoms with E-state index in [0.717, 1.165) is 29.6 Å². The minimum atomic E-state index is -0.189. The van der Waals surface area contributed by atoms with Gasteiger partial charge in [-0.05, 0) is 61.7 Å². The number of hydrogen-bond acceptors (Lipinski definition) is 1. The molecule has 1 aromatic heterocycles. The number of benzene rings is 2. The van der Waals surface area contributed by atoms with Gasteiger partial charge in [0, 0.05) is 23.1 Å². The van der Waals surface area contributed by atoms with Crippen LogP contribution < -0.4 is 0 Å². The second-order valence-corrected chi connectivity index (χ2v) is 6.69. The van der Waals surface area contributed by atoms with Gasteiger partial charge in [-0.2, -0.15) is 0 Å². The first-order valence-electron chi connectivity index (χ1n) is 8.89. The molecule has 0 saturated carbocycles. The summed E-state index contributed by atoms with van der Waals surface area (Å²) in [6.45, 7) is 3.49. The van der Waals surface area contributed by atoms with Gasteiger partial charge in [-0.25, -0.2) is 4.39 Å². The van der Waals surface area contributed by atoms with Crippen LogP contribution in [0.4, 0.5) is 4.39 Å². The Bertz CT molecular complexity index is 816. The van der Waals surface area contributed by atoms with E-state index < -0.39 is 0 Å². The van der Waals surface area contributed by atoms with E-state index in [-0.39, 0.29) is 5.82 Å². The van der Waals surface area contributed by atoms with Crippen LogP contribution in [-0.4, -0.2) is 29.5 Å². The van der Waals surface area contributed by atoms with Crippen molar-refractivity contribution in [2.24, 2.45) is 0 Å². The van der Waals surface area contributed by atoms with E-state index in [9.17, 15) is 4.39 Å². The number of aromatic nitrogens is 1. The van der Waals surface area contributed by atoms with E-state index in [1.165, 1.54) is 43.5 Å². The fourth-order valence-electron chi connectivity index (χ4n) is 3.79. The molecule has 0 amide bonds. The summed E-state index contributed by atoms with van der Waals surface area (Å²) in [7, 11) is 0. The Hall–Kier alpha value is -2.13. The molecule has 24 heavy (non-hydrogen) atoms. The number of aromatic amines is 1. The lowest BCUT2D eigenvalue weighted by Crippen LogP contribution is -2.31. The Morgan fingerprint density at radius 1 is 0.958 bits per heavy atom. The third-order valence-corrected chi connectivity index (χ3v) is 5.06. The van der Waals surface area contributed by atoms with E-state index in [2.05, 4.69) is 34.1 Å². The smallest absolute Gasteiger partial charge is 0.125 e. The predicted octanol–water partition coefficient (Wildman–Crippen LogP) is 5.00. The molecule has 0 bridgehead atoms. The zero-order chi connectivity index (χ0) is 16.4. The molecule has 0 aliphatic carbocycles. The van der Waals surface area contributed by atoms with E-state index in [0.29, 0.717) is 0 Å². The van der Waals surface area contributed by atoms with Gasteiger partial charge in [0.25, 0.3) is 0 Å². The van der Waals surface area contributed by atoms with Crippen LogP contribution in [0.5, 0.6) is 0 Å². The molecule has 1 aliphatic rings. The monoisotopic (exact) mass is 322 g/mol. The predicted molar refractivity (Wildman–Crippen MR) is 97.7 cm³/mol. The molecule has 0 radical (unpaired) electrons. The summed E-state index contributed by atoms with van der Waals surface area (Å²) in [5.41, 5.74) is 4.50.